The maximum absolute atomic E-state index is 7.32. The van der Waals surface area contributed by atoms with Gasteiger partial charge in [0.25, 0.3) is 0 Å². The topological polar surface area (TPSA) is 23.8 Å². The first-order valence-corrected chi connectivity index (χ1v) is 5.62. The molecular weight excluding hydrogens is 158 g/mol. The fourth-order valence-electron chi connectivity index (χ4n) is 3.98. The highest BCUT2D eigenvalue weighted by molar-refractivity contribution is 4.92. The summed E-state index contributed by atoms with van der Waals surface area (Å²) in [5, 5.41) is 7.32. The highest BCUT2D eigenvalue weighted by Gasteiger charge is 2.41. The van der Waals surface area contributed by atoms with E-state index in [4.69, 9.17) is 5.26 Å². The van der Waals surface area contributed by atoms with Crippen molar-refractivity contribution in [3.8, 4) is 6.07 Å². The van der Waals surface area contributed by atoms with E-state index >= 15 is 0 Å². The third kappa shape index (κ3) is 1.88. The number of rotatable bonds is 0. The Morgan fingerprint density at radius 3 is 1.08 bits per heavy atom. The van der Waals surface area contributed by atoms with Crippen molar-refractivity contribution >= 4 is 0 Å². The monoisotopic (exact) mass is 177 g/mol. The molecule has 4 rings (SSSR count). The van der Waals surface area contributed by atoms with Crippen molar-refractivity contribution in [3.05, 3.63) is 0 Å². The lowest BCUT2D eigenvalue weighted by molar-refractivity contribution is 0.0198. The zero-order valence-electron chi connectivity index (χ0n) is 8.50. The number of hydrogen-bond acceptors (Lipinski definition) is 1. The quantitative estimate of drug-likeness (QED) is 0.556. The SMILES string of the molecule is C1C2CC3CC1CC(C2)C3.CC#N. The molecule has 13 heavy (non-hydrogen) atoms. The van der Waals surface area contributed by atoms with E-state index in [1.54, 1.807) is 44.6 Å². The van der Waals surface area contributed by atoms with Crippen molar-refractivity contribution in [1.29, 1.82) is 5.26 Å². The van der Waals surface area contributed by atoms with Gasteiger partial charge in [-0.05, 0) is 62.2 Å². The molecule has 0 aromatic rings. The Balaban J connectivity index is 0.000000196. The minimum Gasteiger partial charge on any atom is -0.199 e. The molecule has 0 heterocycles. The Bertz CT molecular complexity index is 157. The molecule has 0 aromatic carbocycles. The third-order valence-electron chi connectivity index (χ3n) is 4.00. The molecule has 4 saturated carbocycles. The van der Waals surface area contributed by atoms with Crippen molar-refractivity contribution < 1.29 is 0 Å². The second-order valence-corrected chi connectivity index (χ2v) is 5.10. The van der Waals surface area contributed by atoms with Crippen LogP contribution in [0.1, 0.15) is 45.4 Å². The summed E-state index contributed by atoms with van der Waals surface area (Å²) in [6.07, 6.45) is 9.62. The Labute approximate surface area is 81.1 Å². The van der Waals surface area contributed by atoms with Gasteiger partial charge in [0.05, 0.1) is 6.07 Å². The molecule has 4 aliphatic rings. The average molecular weight is 177 g/mol. The molecule has 0 aliphatic heterocycles. The van der Waals surface area contributed by atoms with E-state index in [9.17, 15) is 0 Å². The molecule has 1 heteroatoms. The summed E-state index contributed by atoms with van der Waals surface area (Å²) in [7, 11) is 0. The van der Waals surface area contributed by atoms with Gasteiger partial charge < -0.3 is 0 Å². The maximum atomic E-state index is 7.32. The summed E-state index contributed by atoms with van der Waals surface area (Å²) < 4.78 is 0. The molecule has 72 valence electrons. The number of nitriles is 1. The highest BCUT2D eigenvalue weighted by atomic mass is 14.5. The van der Waals surface area contributed by atoms with Crippen LogP contribution in [0.15, 0.2) is 0 Å². The summed E-state index contributed by atoms with van der Waals surface area (Å²) in [4.78, 5) is 0. The zero-order valence-corrected chi connectivity index (χ0v) is 8.50. The third-order valence-corrected chi connectivity index (χ3v) is 4.00. The van der Waals surface area contributed by atoms with E-state index in [1.807, 2.05) is 0 Å². The van der Waals surface area contributed by atoms with Gasteiger partial charge in [-0.15, -0.1) is 0 Å². The second-order valence-electron chi connectivity index (χ2n) is 5.10. The van der Waals surface area contributed by atoms with Crippen LogP contribution in [0.3, 0.4) is 0 Å². The van der Waals surface area contributed by atoms with Gasteiger partial charge in [0, 0.05) is 6.92 Å². The van der Waals surface area contributed by atoms with Crippen LogP contribution in [0.2, 0.25) is 0 Å². The van der Waals surface area contributed by atoms with Crippen LogP contribution >= 0.6 is 0 Å². The Hall–Kier alpha value is -0.510. The molecule has 0 spiro atoms. The molecular formula is C12H19N. The molecule has 4 bridgehead atoms. The average Bonchev–Trinajstić information content (AvgIpc) is 2.01. The predicted octanol–water partition coefficient (Wildman–Crippen LogP) is 3.36. The second kappa shape index (κ2) is 3.70. The van der Waals surface area contributed by atoms with Crippen molar-refractivity contribution in [1.82, 2.24) is 0 Å². The van der Waals surface area contributed by atoms with Crippen LogP contribution in [0.4, 0.5) is 0 Å². The van der Waals surface area contributed by atoms with E-state index in [0.717, 1.165) is 0 Å². The van der Waals surface area contributed by atoms with Crippen molar-refractivity contribution in [2.45, 2.75) is 45.4 Å². The van der Waals surface area contributed by atoms with Gasteiger partial charge in [0.1, 0.15) is 0 Å². The van der Waals surface area contributed by atoms with Gasteiger partial charge in [0.15, 0.2) is 0 Å². The van der Waals surface area contributed by atoms with E-state index in [0.29, 0.717) is 0 Å². The van der Waals surface area contributed by atoms with Crippen molar-refractivity contribution in [3.63, 3.8) is 0 Å². The summed E-state index contributed by atoms with van der Waals surface area (Å²) in [6.45, 7) is 1.43. The largest absolute Gasteiger partial charge is 0.199 e. The molecule has 0 radical (unpaired) electrons. The summed E-state index contributed by atoms with van der Waals surface area (Å²) in [5.41, 5.74) is 0. The lowest BCUT2D eigenvalue weighted by Gasteiger charge is -2.49. The van der Waals surface area contributed by atoms with E-state index < -0.39 is 0 Å². The first-order valence-electron chi connectivity index (χ1n) is 5.62. The first kappa shape index (κ1) is 9.06. The molecule has 4 fully saturated rings. The first-order chi connectivity index (χ1) is 6.31. The van der Waals surface area contributed by atoms with Gasteiger partial charge in [-0.3, -0.25) is 0 Å². The standard InChI is InChI=1S/C10H16.C2H3N/c1-7-2-9-4-8(1)5-10(3-7)6-9;1-2-3/h7-10H,1-6H2;1H3. The van der Waals surface area contributed by atoms with Gasteiger partial charge in [-0.25, -0.2) is 0 Å². The van der Waals surface area contributed by atoms with E-state index in [2.05, 4.69) is 0 Å². The van der Waals surface area contributed by atoms with E-state index in [1.165, 1.54) is 30.6 Å². The van der Waals surface area contributed by atoms with Gasteiger partial charge >= 0.3 is 0 Å². The number of hydrogen-bond donors (Lipinski definition) is 0. The molecule has 1 nitrogen and oxygen atoms in total. The molecule has 4 aliphatic carbocycles. The Morgan fingerprint density at radius 1 is 0.769 bits per heavy atom. The highest BCUT2D eigenvalue weighted by Crippen LogP contribution is 2.53. The fraction of sp³-hybridized carbons (Fsp3) is 0.917. The van der Waals surface area contributed by atoms with Gasteiger partial charge in [0.2, 0.25) is 0 Å². The molecule has 0 aromatic heterocycles. The Morgan fingerprint density at radius 2 is 0.923 bits per heavy atom. The maximum Gasteiger partial charge on any atom is 0.0587 e. The lowest BCUT2D eigenvalue weighted by atomic mass is 9.56. The molecule has 0 saturated heterocycles. The normalized spacial score (nSPS) is 44.9. The van der Waals surface area contributed by atoms with Crippen LogP contribution in [0.5, 0.6) is 0 Å². The smallest absolute Gasteiger partial charge is 0.0587 e. The number of nitrogens with zero attached hydrogens (tertiary/aromatic N) is 1. The Kier molecular flexibility index (Phi) is 2.58. The molecule has 0 N–H and O–H groups in total. The van der Waals surface area contributed by atoms with Gasteiger partial charge in [-0.1, -0.05) is 0 Å². The van der Waals surface area contributed by atoms with Crippen LogP contribution in [-0.4, -0.2) is 0 Å². The predicted molar refractivity (Wildman–Crippen MR) is 52.9 cm³/mol. The van der Waals surface area contributed by atoms with Crippen LogP contribution < -0.4 is 0 Å². The fourth-order valence-corrected chi connectivity index (χ4v) is 3.98. The van der Waals surface area contributed by atoms with Gasteiger partial charge in [-0.2, -0.15) is 5.26 Å². The van der Waals surface area contributed by atoms with Crippen LogP contribution in [0.25, 0.3) is 0 Å². The minimum atomic E-state index is 1.18. The van der Waals surface area contributed by atoms with Crippen molar-refractivity contribution in [2.24, 2.45) is 23.7 Å². The summed E-state index contributed by atoms with van der Waals surface area (Å²) in [6, 6.07) is 1.75. The van der Waals surface area contributed by atoms with Crippen LogP contribution in [0, 0.1) is 35.0 Å². The van der Waals surface area contributed by atoms with E-state index in [-0.39, 0.29) is 0 Å². The molecule has 0 amide bonds. The molecule has 0 atom stereocenters. The van der Waals surface area contributed by atoms with Crippen molar-refractivity contribution in [2.75, 3.05) is 0 Å². The molecule has 0 unspecified atom stereocenters. The van der Waals surface area contributed by atoms with Crippen LogP contribution in [-0.2, 0) is 0 Å². The zero-order chi connectivity index (χ0) is 9.26. The summed E-state index contributed by atoms with van der Waals surface area (Å²) >= 11 is 0. The summed E-state index contributed by atoms with van der Waals surface area (Å²) in [5.74, 6) is 4.71. The lowest BCUT2D eigenvalue weighted by Crippen LogP contribution is -2.38. The minimum absolute atomic E-state index is 1.18.